The molecule has 0 radical (unpaired) electrons. The van der Waals surface area contributed by atoms with Crippen LogP contribution in [0.2, 0.25) is 0 Å². The fourth-order valence-electron chi connectivity index (χ4n) is 8.36. The Hall–Kier alpha value is -6.68. The van der Waals surface area contributed by atoms with Gasteiger partial charge in [-0.2, -0.15) is 0 Å². The van der Waals surface area contributed by atoms with E-state index in [4.69, 9.17) is 0 Å². The Labute approximate surface area is 310 Å². The highest BCUT2D eigenvalue weighted by Gasteiger charge is 2.37. The fraction of sp³-hybridized carbons (Fsp3) is 0.0400. The highest BCUT2D eigenvalue weighted by molar-refractivity contribution is 6.10. The molecule has 10 rings (SSSR count). The van der Waals surface area contributed by atoms with Gasteiger partial charge in [0.05, 0.1) is 30.8 Å². The number of hydrogen-bond acceptors (Lipinski definition) is 1. The van der Waals surface area contributed by atoms with Gasteiger partial charge in [-0.05, 0) is 95.1 Å². The Balaban J connectivity index is 1.07. The predicted molar refractivity (Wildman–Crippen MR) is 225 cm³/mol. The van der Waals surface area contributed by atoms with Crippen molar-refractivity contribution in [2.45, 2.75) is 0 Å². The van der Waals surface area contributed by atoms with Gasteiger partial charge < -0.3 is 9.47 Å². The van der Waals surface area contributed by atoms with Crippen LogP contribution in [-0.2, 0) is 0 Å². The van der Waals surface area contributed by atoms with Crippen LogP contribution in [-0.4, -0.2) is 18.7 Å². The van der Waals surface area contributed by atoms with Crippen LogP contribution in [0.15, 0.2) is 194 Å². The lowest BCUT2D eigenvalue weighted by Gasteiger charge is -2.29. The third-order valence-electron chi connectivity index (χ3n) is 11.0. The second-order valence-corrected chi connectivity index (χ2v) is 14.4. The Morgan fingerprint density at radius 1 is 0.377 bits per heavy atom. The van der Waals surface area contributed by atoms with Crippen LogP contribution in [0.3, 0.4) is 0 Å². The molecule has 0 amide bonds. The molecule has 0 bridgehead atoms. The van der Waals surface area contributed by atoms with E-state index in [9.17, 15) is 0 Å². The lowest BCUT2D eigenvalue weighted by Crippen LogP contribution is -2.32. The van der Waals surface area contributed by atoms with E-state index in [2.05, 4.69) is 218 Å². The molecule has 0 saturated carbocycles. The molecular formula is C50H38N3+. The van der Waals surface area contributed by atoms with Gasteiger partial charge in [0.25, 0.3) is 0 Å². The maximum absolute atomic E-state index is 2.39. The summed E-state index contributed by atoms with van der Waals surface area (Å²) in [4.78, 5) is 2.39. The van der Waals surface area contributed by atoms with E-state index in [1.807, 2.05) is 0 Å². The van der Waals surface area contributed by atoms with Crippen LogP contribution in [0.5, 0.6) is 0 Å². The van der Waals surface area contributed by atoms with Crippen LogP contribution in [0, 0.1) is 0 Å². The summed E-state index contributed by atoms with van der Waals surface area (Å²) in [6.07, 6.45) is 0. The minimum absolute atomic E-state index is 0.711. The molecule has 0 atom stereocenters. The number of para-hydroxylation sites is 3. The minimum atomic E-state index is 0.711. The molecule has 0 unspecified atom stereocenters. The van der Waals surface area contributed by atoms with Gasteiger partial charge in [0, 0.05) is 51.1 Å². The van der Waals surface area contributed by atoms with Crippen molar-refractivity contribution in [1.82, 2.24) is 9.05 Å². The summed E-state index contributed by atoms with van der Waals surface area (Å²) >= 11 is 0. The van der Waals surface area contributed by atoms with E-state index in [1.54, 1.807) is 0 Å². The molecule has 0 aliphatic carbocycles. The summed E-state index contributed by atoms with van der Waals surface area (Å²) in [5.74, 6) is 0. The van der Waals surface area contributed by atoms with Crippen molar-refractivity contribution in [2.24, 2.45) is 0 Å². The summed E-state index contributed by atoms with van der Waals surface area (Å²) in [5.41, 5.74) is 17.0. The molecule has 2 heterocycles. The number of aromatic nitrogens is 1. The monoisotopic (exact) mass is 680 g/mol. The molecule has 3 heteroatoms. The molecule has 0 N–H and O–H groups in total. The van der Waals surface area contributed by atoms with E-state index in [-0.39, 0.29) is 0 Å². The first kappa shape index (κ1) is 31.1. The maximum atomic E-state index is 2.39. The van der Waals surface area contributed by atoms with Crippen LogP contribution in [0.25, 0.3) is 60.9 Å². The molecule has 0 fully saturated rings. The first-order valence-electron chi connectivity index (χ1n) is 18.3. The lowest BCUT2D eigenvalue weighted by molar-refractivity contribution is 0.568. The van der Waals surface area contributed by atoms with Crippen molar-refractivity contribution in [2.75, 3.05) is 19.0 Å². The van der Waals surface area contributed by atoms with Crippen molar-refractivity contribution in [3.63, 3.8) is 0 Å². The zero-order valence-corrected chi connectivity index (χ0v) is 29.8. The third-order valence-corrected chi connectivity index (χ3v) is 11.0. The van der Waals surface area contributed by atoms with Gasteiger partial charge in [0.2, 0.25) is 0 Å². The zero-order chi connectivity index (χ0) is 35.5. The normalized spacial score (nSPS) is 12.9. The second-order valence-electron chi connectivity index (χ2n) is 14.4. The predicted octanol–water partition coefficient (Wildman–Crippen LogP) is 13.5. The summed E-state index contributed by atoms with van der Waals surface area (Å²) in [6.45, 7) is 0. The highest BCUT2D eigenvalue weighted by atomic mass is 15.3. The fourth-order valence-corrected chi connectivity index (χ4v) is 8.36. The van der Waals surface area contributed by atoms with Crippen molar-refractivity contribution in [3.05, 3.63) is 194 Å². The van der Waals surface area contributed by atoms with E-state index < -0.39 is 0 Å². The first-order chi connectivity index (χ1) is 26.0. The molecule has 9 aromatic rings. The molecular weight excluding hydrogens is 643 g/mol. The molecule has 53 heavy (non-hydrogen) atoms. The van der Waals surface area contributed by atoms with Gasteiger partial charge in [-0.3, -0.25) is 4.48 Å². The van der Waals surface area contributed by atoms with Crippen LogP contribution in [0.1, 0.15) is 0 Å². The summed E-state index contributed by atoms with van der Waals surface area (Å²) in [6, 6.07) is 70.6. The number of fused-ring (bicyclic) bond motifs is 6. The van der Waals surface area contributed by atoms with Gasteiger partial charge in [0.15, 0.2) is 0 Å². The van der Waals surface area contributed by atoms with Crippen molar-refractivity contribution in [3.8, 4) is 39.1 Å². The van der Waals surface area contributed by atoms with E-state index >= 15 is 0 Å². The van der Waals surface area contributed by atoms with E-state index in [1.165, 1.54) is 72.2 Å². The third kappa shape index (κ3) is 5.09. The van der Waals surface area contributed by atoms with Gasteiger partial charge in [-0.25, -0.2) is 0 Å². The SMILES string of the molecule is C[N+]1(C)c2ccccc2-c2ccc(N(c3ccc(-c4ccccc4)cc3)c3ccc(-c4ccc5c(c4)c4ccccc4n5-c4ccccc4)cc3)cc21. The lowest BCUT2D eigenvalue weighted by atomic mass is 10.0. The largest absolute Gasteiger partial charge is 0.310 e. The molecule has 8 aromatic carbocycles. The average molecular weight is 681 g/mol. The van der Waals surface area contributed by atoms with Gasteiger partial charge in [-0.15, -0.1) is 0 Å². The number of hydrogen-bond donors (Lipinski definition) is 0. The Morgan fingerprint density at radius 2 is 0.906 bits per heavy atom. The maximum Gasteiger partial charge on any atom is 0.147 e. The summed E-state index contributed by atoms with van der Waals surface area (Å²) in [5, 5.41) is 2.51. The average Bonchev–Trinajstić information content (AvgIpc) is 3.67. The van der Waals surface area contributed by atoms with Crippen LogP contribution in [0.4, 0.5) is 28.4 Å². The van der Waals surface area contributed by atoms with Crippen molar-refractivity contribution < 1.29 is 0 Å². The molecule has 1 aromatic heterocycles. The van der Waals surface area contributed by atoms with E-state index in [0.717, 1.165) is 17.1 Å². The van der Waals surface area contributed by atoms with E-state index in [0.29, 0.717) is 4.48 Å². The molecule has 1 aliphatic heterocycles. The molecule has 3 nitrogen and oxygen atoms in total. The van der Waals surface area contributed by atoms with Crippen molar-refractivity contribution >= 4 is 50.2 Å². The number of rotatable bonds is 6. The number of nitrogens with zero attached hydrogens (tertiary/aromatic N) is 3. The molecule has 0 spiro atoms. The van der Waals surface area contributed by atoms with Gasteiger partial charge in [-0.1, -0.05) is 109 Å². The Bertz CT molecular complexity index is 2780. The van der Waals surface area contributed by atoms with Gasteiger partial charge in [0.1, 0.15) is 11.4 Å². The topological polar surface area (TPSA) is 8.17 Å². The Morgan fingerprint density at radius 3 is 1.64 bits per heavy atom. The summed E-state index contributed by atoms with van der Waals surface area (Å²) < 4.78 is 3.08. The first-order valence-corrected chi connectivity index (χ1v) is 18.3. The smallest absolute Gasteiger partial charge is 0.147 e. The van der Waals surface area contributed by atoms with Gasteiger partial charge >= 0.3 is 0 Å². The molecule has 252 valence electrons. The number of benzene rings is 8. The number of quaternary nitrogens is 1. The highest BCUT2D eigenvalue weighted by Crippen LogP contribution is 2.52. The zero-order valence-electron chi connectivity index (χ0n) is 29.8. The molecule has 0 saturated heterocycles. The van der Waals surface area contributed by atoms with Crippen molar-refractivity contribution in [1.29, 1.82) is 0 Å². The standard InChI is InChI=1S/C50H38N3/c1-53(2)49-20-12-10-18-44(49)45-31-30-42(34-50(45)53)51(40-26-21-36(22-27-40)35-13-5-3-6-14-35)41-28-23-37(24-29-41)38-25-32-48-46(33-38)43-17-9-11-19-47(43)52(48)39-15-7-4-8-16-39/h3-34H,1-2H3/q+1. The number of anilines is 3. The molecule has 1 aliphatic rings. The summed E-state index contributed by atoms with van der Waals surface area (Å²) in [7, 11) is 4.58. The van der Waals surface area contributed by atoms with Crippen LogP contribution >= 0.6 is 0 Å². The second kappa shape index (κ2) is 12.2. The Kier molecular flexibility index (Phi) is 7.17. The quantitative estimate of drug-likeness (QED) is 0.159. The minimum Gasteiger partial charge on any atom is -0.310 e. The van der Waals surface area contributed by atoms with Crippen LogP contribution < -0.4 is 9.38 Å².